The molecular weight excluding hydrogens is 156 g/mol. The number of amides is 2. The van der Waals surface area contributed by atoms with Gasteiger partial charge >= 0.3 is 0 Å². The lowest BCUT2D eigenvalue weighted by atomic mass is 10.2. The van der Waals surface area contributed by atoms with E-state index >= 15 is 0 Å². The molecule has 0 spiro atoms. The van der Waals surface area contributed by atoms with Gasteiger partial charge in [0.15, 0.2) is 0 Å². The lowest BCUT2D eigenvalue weighted by molar-refractivity contribution is -0.125. The molecule has 4 heteroatoms. The maximum Gasteiger partial charge on any atom is 0.244 e. The molecule has 1 heterocycles. The fourth-order valence-electron chi connectivity index (χ4n) is 1.04. The zero-order valence-corrected chi connectivity index (χ0v) is 6.76. The van der Waals surface area contributed by atoms with Crippen LogP contribution in [0.2, 0.25) is 0 Å². The van der Waals surface area contributed by atoms with Crippen molar-refractivity contribution in [3.63, 3.8) is 0 Å². The Hall–Kier alpha value is -1.34. The second kappa shape index (κ2) is 3.37. The van der Waals surface area contributed by atoms with Gasteiger partial charge in [-0.1, -0.05) is 5.92 Å². The molecule has 1 fully saturated rings. The van der Waals surface area contributed by atoms with Crippen LogP contribution in [-0.2, 0) is 9.59 Å². The van der Waals surface area contributed by atoms with Crippen molar-refractivity contribution in [3.05, 3.63) is 0 Å². The fraction of sp³-hybridized carbons (Fsp3) is 0.500. The van der Waals surface area contributed by atoms with E-state index in [4.69, 9.17) is 6.42 Å². The Morgan fingerprint density at radius 1 is 1.75 bits per heavy atom. The molecule has 0 saturated carbocycles. The molecule has 0 aliphatic carbocycles. The third kappa shape index (κ3) is 1.83. The summed E-state index contributed by atoms with van der Waals surface area (Å²) in [5.41, 5.74) is 0. The Morgan fingerprint density at radius 3 is 2.83 bits per heavy atom. The van der Waals surface area contributed by atoms with Crippen molar-refractivity contribution in [3.8, 4) is 12.3 Å². The van der Waals surface area contributed by atoms with E-state index in [1.54, 1.807) is 6.92 Å². The van der Waals surface area contributed by atoms with E-state index in [9.17, 15) is 9.59 Å². The average Bonchev–Trinajstić information content (AvgIpc) is 2.30. The van der Waals surface area contributed by atoms with Gasteiger partial charge in [-0.3, -0.25) is 20.2 Å². The highest BCUT2D eigenvalue weighted by Gasteiger charge is 2.30. The van der Waals surface area contributed by atoms with Crippen LogP contribution in [0.5, 0.6) is 0 Å². The SMILES string of the molecule is C#CC(C)NC1CC(=O)NC1=O. The second-order valence-electron chi connectivity index (χ2n) is 2.72. The quantitative estimate of drug-likeness (QED) is 0.409. The van der Waals surface area contributed by atoms with Gasteiger partial charge in [0.2, 0.25) is 11.8 Å². The summed E-state index contributed by atoms with van der Waals surface area (Å²) in [6, 6.07) is -0.643. The van der Waals surface area contributed by atoms with Crippen molar-refractivity contribution >= 4 is 11.8 Å². The molecule has 0 aromatic heterocycles. The van der Waals surface area contributed by atoms with E-state index in [0.29, 0.717) is 0 Å². The number of hydrogen-bond acceptors (Lipinski definition) is 3. The maximum absolute atomic E-state index is 11.0. The molecule has 2 N–H and O–H groups in total. The molecule has 0 aromatic rings. The van der Waals surface area contributed by atoms with Gasteiger partial charge in [0.05, 0.1) is 18.5 Å². The number of carbonyl (C=O) groups is 2. The molecule has 1 aliphatic heterocycles. The van der Waals surface area contributed by atoms with E-state index in [2.05, 4.69) is 16.6 Å². The summed E-state index contributed by atoms with van der Waals surface area (Å²) >= 11 is 0. The molecule has 1 aliphatic rings. The minimum Gasteiger partial charge on any atom is -0.295 e. The Balaban J connectivity index is 2.50. The van der Waals surface area contributed by atoms with Crippen LogP contribution < -0.4 is 10.6 Å². The van der Waals surface area contributed by atoms with Gasteiger partial charge in [0, 0.05) is 0 Å². The van der Waals surface area contributed by atoms with Gasteiger partial charge in [0.1, 0.15) is 0 Å². The number of terminal acetylenes is 1. The number of carbonyl (C=O) groups excluding carboxylic acids is 2. The fourth-order valence-corrected chi connectivity index (χ4v) is 1.04. The summed E-state index contributed by atoms with van der Waals surface area (Å²) in [5.74, 6) is 1.89. The van der Waals surface area contributed by atoms with Crippen LogP contribution in [0.1, 0.15) is 13.3 Å². The van der Waals surface area contributed by atoms with Crippen molar-refractivity contribution in [1.82, 2.24) is 10.6 Å². The van der Waals surface area contributed by atoms with E-state index < -0.39 is 6.04 Å². The monoisotopic (exact) mass is 166 g/mol. The van der Waals surface area contributed by atoms with Gasteiger partial charge < -0.3 is 0 Å². The number of rotatable bonds is 2. The minimum atomic E-state index is -0.455. The lowest BCUT2D eigenvalue weighted by Gasteiger charge is -2.10. The topological polar surface area (TPSA) is 58.2 Å². The normalized spacial score (nSPS) is 24.8. The smallest absolute Gasteiger partial charge is 0.244 e. The Morgan fingerprint density at radius 2 is 2.42 bits per heavy atom. The van der Waals surface area contributed by atoms with Crippen LogP contribution in [0.3, 0.4) is 0 Å². The lowest BCUT2D eigenvalue weighted by Crippen LogP contribution is -2.40. The first-order valence-corrected chi connectivity index (χ1v) is 3.69. The molecule has 1 rings (SSSR count). The van der Waals surface area contributed by atoms with Crippen molar-refractivity contribution in [2.45, 2.75) is 25.4 Å². The van der Waals surface area contributed by atoms with E-state index in [1.165, 1.54) is 0 Å². The summed E-state index contributed by atoms with van der Waals surface area (Å²) in [5, 5.41) is 5.03. The van der Waals surface area contributed by atoms with Gasteiger partial charge in [-0.15, -0.1) is 6.42 Å². The van der Waals surface area contributed by atoms with E-state index in [-0.39, 0.29) is 24.3 Å². The Kier molecular flexibility index (Phi) is 2.46. The minimum absolute atomic E-state index is 0.185. The molecule has 0 bridgehead atoms. The van der Waals surface area contributed by atoms with E-state index in [1.807, 2.05) is 0 Å². The highest BCUT2D eigenvalue weighted by atomic mass is 16.2. The van der Waals surface area contributed by atoms with Crippen LogP contribution in [0.15, 0.2) is 0 Å². The zero-order chi connectivity index (χ0) is 9.14. The van der Waals surface area contributed by atoms with Crippen molar-refractivity contribution < 1.29 is 9.59 Å². The molecule has 2 unspecified atom stereocenters. The number of imide groups is 1. The van der Waals surface area contributed by atoms with Crippen LogP contribution >= 0.6 is 0 Å². The first-order valence-electron chi connectivity index (χ1n) is 3.69. The summed E-state index contributed by atoms with van der Waals surface area (Å²) in [6.45, 7) is 1.76. The number of hydrogen-bond donors (Lipinski definition) is 2. The zero-order valence-electron chi connectivity index (χ0n) is 6.76. The summed E-state index contributed by atoms with van der Waals surface area (Å²) in [4.78, 5) is 21.7. The van der Waals surface area contributed by atoms with Crippen LogP contribution in [-0.4, -0.2) is 23.9 Å². The predicted molar refractivity (Wildman–Crippen MR) is 43.0 cm³/mol. The predicted octanol–water partition coefficient (Wildman–Crippen LogP) is -0.987. The molecule has 2 atom stereocenters. The molecule has 0 aromatic carbocycles. The standard InChI is InChI=1S/C8H10N2O2/c1-3-5(2)9-6-4-7(11)10-8(6)12/h1,5-6,9H,4H2,2H3,(H,10,11,12). The Bertz CT molecular complexity index is 254. The summed E-state index contributed by atoms with van der Waals surface area (Å²) in [7, 11) is 0. The average molecular weight is 166 g/mol. The molecule has 1 saturated heterocycles. The third-order valence-electron chi connectivity index (χ3n) is 1.67. The summed E-state index contributed by atoms with van der Waals surface area (Å²) in [6.07, 6.45) is 5.29. The maximum atomic E-state index is 11.0. The first-order chi connectivity index (χ1) is 5.63. The molecule has 64 valence electrons. The highest BCUT2D eigenvalue weighted by molar-refractivity contribution is 6.05. The van der Waals surface area contributed by atoms with Crippen LogP contribution in [0, 0.1) is 12.3 Å². The molecule has 2 amide bonds. The van der Waals surface area contributed by atoms with Crippen molar-refractivity contribution in [1.29, 1.82) is 0 Å². The van der Waals surface area contributed by atoms with Crippen molar-refractivity contribution in [2.24, 2.45) is 0 Å². The molecule has 12 heavy (non-hydrogen) atoms. The Labute approximate surface area is 70.7 Å². The van der Waals surface area contributed by atoms with Crippen LogP contribution in [0.4, 0.5) is 0 Å². The summed E-state index contributed by atoms with van der Waals surface area (Å²) < 4.78 is 0. The highest BCUT2D eigenvalue weighted by Crippen LogP contribution is 2.01. The van der Waals surface area contributed by atoms with Crippen molar-refractivity contribution in [2.75, 3.05) is 0 Å². The van der Waals surface area contributed by atoms with E-state index in [0.717, 1.165) is 0 Å². The second-order valence-corrected chi connectivity index (χ2v) is 2.72. The number of nitrogens with one attached hydrogen (secondary N) is 2. The van der Waals surface area contributed by atoms with Gasteiger partial charge in [-0.05, 0) is 6.92 Å². The molecular formula is C8H10N2O2. The van der Waals surface area contributed by atoms with Gasteiger partial charge in [-0.25, -0.2) is 0 Å². The first kappa shape index (κ1) is 8.75. The third-order valence-corrected chi connectivity index (χ3v) is 1.67. The molecule has 4 nitrogen and oxygen atoms in total. The largest absolute Gasteiger partial charge is 0.295 e. The van der Waals surface area contributed by atoms with Gasteiger partial charge in [0.25, 0.3) is 0 Å². The van der Waals surface area contributed by atoms with Gasteiger partial charge in [-0.2, -0.15) is 0 Å². The molecule has 0 radical (unpaired) electrons. The van der Waals surface area contributed by atoms with Crippen LogP contribution in [0.25, 0.3) is 0 Å².